The van der Waals surface area contributed by atoms with Gasteiger partial charge in [-0.3, -0.25) is 0 Å². The molecule has 24 bridgehead atoms. The van der Waals surface area contributed by atoms with E-state index >= 15 is 0 Å². The van der Waals surface area contributed by atoms with Crippen molar-refractivity contribution >= 4 is 8.29 Å². The summed E-state index contributed by atoms with van der Waals surface area (Å²) in [5.74, 6) is 20.5. The zero-order chi connectivity index (χ0) is 39.3. The van der Waals surface area contributed by atoms with E-state index < -0.39 is 8.29 Å². The van der Waals surface area contributed by atoms with E-state index in [0.29, 0.717) is 0 Å². The highest BCUT2D eigenvalue weighted by molar-refractivity contribution is 8.69. The number of rotatable bonds is 6. The van der Waals surface area contributed by atoms with E-state index in [1.165, 1.54) is 0 Å². The average Bonchev–Trinajstić information content (AvgIpc) is 3.15. The van der Waals surface area contributed by atoms with Gasteiger partial charge in [0.1, 0.15) is 0 Å². The van der Waals surface area contributed by atoms with Gasteiger partial charge >= 0.3 is 0 Å². The van der Waals surface area contributed by atoms with Gasteiger partial charge in [-0.15, -0.1) is 0 Å². The predicted molar refractivity (Wildman–Crippen MR) is 253 cm³/mol. The van der Waals surface area contributed by atoms with Gasteiger partial charge in [-0.1, -0.05) is 0 Å². The molecule has 61 heavy (non-hydrogen) atoms. The number of hydrogen-bond acceptors (Lipinski definition) is 0. The molecule has 24 saturated carbocycles. The second kappa shape index (κ2) is 10.6. The van der Waals surface area contributed by atoms with Crippen molar-refractivity contribution in [1.82, 2.24) is 0 Å². The Balaban J connectivity index is 1.15. The highest BCUT2D eigenvalue weighted by Crippen LogP contribution is 3.28. The standard InChI is InChI=1S/C60H90S/c1-37-2-39-3-38(1)20-55(19-37,21-39)61(56-22-40-4-41(23-56)6-42(5-40)24-56,57-25-43-7-44(26-57)9-45(8-43)27-57,58-28-46-10-47(29-58)12-48(11-46)30-58,59-31-49-13-50(32-59)15-51(14-49)33-59)60-34-52-16-53(35-60)18-54(17-52)36-60/h37-54H,1-36H2. The molecule has 0 radical (unpaired) electrons. The van der Waals surface area contributed by atoms with Crippen LogP contribution in [0.3, 0.4) is 0 Å². The van der Waals surface area contributed by atoms with Gasteiger partial charge < -0.3 is 0 Å². The SMILES string of the molecule is C1C2CC3CC1CC(S(C14CC5CC(CC(C5)C1)C4)(C14CC5CC(CC(C5)C1)C4)(C14CC5CC(CC(C5)C1)C4)(C14CC5CC(CC(C5)C1)C4)C14CC5CC(CC(C5)C1)C4)(C2)C3. The first-order valence-corrected chi connectivity index (χ1v) is 32.1. The summed E-state index contributed by atoms with van der Waals surface area (Å²) in [6, 6.07) is 0. The fourth-order valence-corrected chi connectivity index (χ4v) is 60.3. The molecule has 0 spiro atoms. The van der Waals surface area contributed by atoms with Crippen molar-refractivity contribution in [2.45, 2.75) is 260 Å². The minimum absolute atomic E-state index is 0.759. The fraction of sp³-hybridized carbons (Fsp3) is 1.00. The van der Waals surface area contributed by atoms with Crippen LogP contribution in [0, 0.1) is 107 Å². The first-order valence-electron chi connectivity index (χ1n) is 29.6. The second-order valence-corrected chi connectivity index (χ2v) is 40.4. The monoisotopic (exact) mass is 843 g/mol. The summed E-state index contributed by atoms with van der Waals surface area (Å²) < 4.78 is 4.55. The van der Waals surface area contributed by atoms with E-state index in [1.807, 2.05) is 116 Å². The van der Waals surface area contributed by atoms with Crippen LogP contribution in [-0.4, -0.2) is 28.5 Å². The fourth-order valence-electron chi connectivity index (χ4n) is 34.8. The molecule has 24 aliphatic carbocycles. The van der Waals surface area contributed by atoms with Crippen LogP contribution < -0.4 is 0 Å². The van der Waals surface area contributed by atoms with E-state index in [0.717, 1.165) is 135 Å². The summed E-state index contributed by atoms with van der Waals surface area (Å²) in [6.45, 7) is 0. The Morgan fingerprint density at radius 2 is 0.230 bits per heavy atom. The lowest BCUT2D eigenvalue weighted by Gasteiger charge is -3.19. The molecule has 0 atom stereocenters. The Morgan fingerprint density at radius 1 is 0.148 bits per heavy atom. The molecule has 0 aliphatic heterocycles. The lowest BCUT2D eigenvalue weighted by Crippen LogP contribution is -3.01. The molecule has 0 aromatic heterocycles. The summed E-state index contributed by atoms with van der Waals surface area (Å²) in [4.78, 5) is 0. The lowest BCUT2D eigenvalue weighted by atomic mass is 9.53. The minimum Gasteiger partial charge on any atom is -0.245 e. The van der Waals surface area contributed by atoms with Crippen LogP contribution >= 0.6 is 8.29 Å². The molecular weight excluding hydrogens is 753 g/mol. The third kappa shape index (κ3) is 3.23. The maximum atomic E-state index is 1.87. The summed E-state index contributed by atoms with van der Waals surface area (Å²) >= 11 is 0. The summed E-state index contributed by atoms with van der Waals surface area (Å²) in [6.07, 6.45) is 64.6. The van der Waals surface area contributed by atoms with Gasteiger partial charge in [0.2, 0.25) is 0 Å². The van der Waals surface area contributed by atoms with Crippen LogP contribution in [0.25, 0.3) is 0 Å². The summed E-state index contributed by atoms with van der Waals surface area (Å²) in [5, 5.41) is 0. The molecule has 24 rings (SSSR count). The Labute approximate surface area is 372 Å². The quantitative estimate of drug-likeness (QED) is 0.250. The first-order chi connectivity index (χ1) is 29.6. The molecule has 0 nitrogen and oxygen atoms in total. The average molecular weight is 843 g/mol. The van der Waals surface area contributed by atoms with Crippen molar-refractivity contribution in [3.8, 4) is 0 Å². The van der Waals surface area contributed by atoms with E-state index in [2.05, 4.69) is 0 Å². The van der Waals surface area contributed by atoms with Crippen molar-refractivity contribution in [3.05, 3.63) is 0 Å². The van der Waals surface area contributed by atoms with E-state index in [4.69, 9.17) is 0 Å². The van der Waals surface area contributed by atoms with Crippen molar-refractivity contribution < 1.29 is 0 Å². The maximum Gasteiger partial charge on any atom is -0.00743 e. The van der Waals surface area contributed by atoms with E-state index in [9.17, 15) is 0 Å². The number of hydrogen-bond donors (Lipinski definition) is 0. The van der Waals surface area contributed by atoms with Gasteiger partial charge in [-0.25, -0.2) is 8.29 Å². The Hall–Kier alpha value is 0.350. The molecule has 0 aromatic carbocycles. The minimum atomic E-state index is -3.58. The third-order valence-corrected chi connectivity index (χ3v) is 46.4. The molecule has 1 heteroatoms. The van der Waals surface area contributed by atoms with Crippen LogP contribution in [-0.2, 0) is 0 Å². The second-order valence-electron chi connectivity index (χ2n) is 32.1. The van der Waals surface area contributed by atoms with Gasteiger partial charge in [0, 0.05) is 0 Å². The molecule has 336 valence electrons. The van der Waals surface area contributed by atoms with Crippen LogP contribution in [0.2, 0.25) is 0 Å². The topological polar surface area (TPSA) is 0 Å². The largest absolute Gasteiger partial charge is 0.245 e. The summed E-state index contributed by atoms with van der Waals surface area (Å²) in [5.41, 5.74) is 0. The van der Waals surface area contributed by atoms with E-state index in [1.54, 1.807) is 116 Å². The lowest BCUT2D eigenvalue weighted by molar-refractivity contribution is -0.0590. The molecule has 24 fully saturated rings. The van der Waals surface area contributed by atoms with E-state index in [-0.39, 0.29) is 0 Å². The van der Waals surface area contributed by atoms with Gasteiger partial charge in [-0.05, 0) is 366 Å². The van der Waals surface area contributed by atoms with Crippen LogP contribution in [0.1, 0.15) is 231 Å². The summed E-state index contributed by atoms with van der Waals surface area (Å²) in [7, 11) is -3.58. The smallest absolute Gasteiger partial charge is 0.00743 e. The third-order valence-electron chi connectivity index (χ3n) is 30.4. The molecule has 0 unspecified atom stereocenters. The highest BCUT2D eigenvalue weighted by atomic mass is 32.4. The highest BCUT2D eigenvalue weighted by Gasteiger charge is 3.06. The van der Waals surface area contributed by atoms with Crippen molar-refractivity contribution in [2.75, 3.05) is 0 Å². The zero-order valence-electron chi connectivity index (χ0n) is 39.3. The zero-order valence-corrected chi connectivity index (χ0v) is 40.1. The van der Waals surface area contributed by atoms with Crippen LogP contribution in [0.15, 0.2) is 0 Å². The Morgan fingerprint density at radius 3 is 0.311 bits per heavy atom. The molecule has 24 aliphatic rings. The van der Waals surface area contributed by atoms with Crippen molar-refractivity contribution in [3.63, 3.8) is 0 Å². The predicted octanol–water partition coefficient (Wildman–Crippen LogP) is 15.7. The van der Waals surface area contributed by atoms with Crippen molar-refractivity contribution in [2.24, 2.45) is 107 Å². The molecular formula is C60H90S. The Kier molecular flexibility index (Phi) is 6.35. The van der Waals surface area contributed by atoms with Gasteiger partial charge in [0.05, 0.1) is 0 Å². The van der Waals surface area contributed by atoms with Crippen LogP contribution in [0.5, 0.6) is 0 Å². The van der Waals surface area contributed by atoms with Crippen LogP contribution in [0.4, 0.5) is 0 Å². The first kappa shape index (κ1) is 36.4. The molecule has 0 N–H and O–H groups in total. The van der Waals surface area contributed by atoms with Gasteiger partial charge in [0.25, 0.3) is 0 Å². The normalized spacial score (nSPS) is 67.3. The molecule has 0 amide bonds. The molecule has 0 saturated heterocycles. The van der Waals surface area contributed by atoms with Gasteiger partial charge in [-0.2, -0.15) is 0 Å². The van der Waals surface area contributed by atoms with Crippen molar-refractivity contribution in [1.29, 1.82) is 0 Å². The maximum absolute atomic E-state index is 3.58. The molecule has 0 heterocycles. The molecule has 0 aromatic rings. The van der Waals surface area contributed by atoms with Gasteiger partial charge in [0.15, 0.2) is 0 Å². The Bertz CT molecular complexity index is 1400.